The van der Waals surface area contributed by atoms with Gasteiger partial charge in [0.1, 0.15) is 28.8 Å². The second kappa shape index (κ2) is 11.1. The van der Waals surface area contributed by atoms with Gasteiger partial charge >= 0.3 is 0 Å². The highest BCUT2D eigenvalue weighted by Crippen LogP contribution is 2.47. The van der Waals surface area contributed by atoms with Crippen molar-refractivity contribution in [2.75, 3.05) is 19.5 Å². The summed E-state index contributed by atoms with van der Waals surface area (Å²) in [4.78, 5) is 19.4. The van der Waals surface area contributed by atoms with Crippen LogP contribution in [0.3, 0.4) is 0 Å². The highest BCUT2D eigenvalue weighted by atomic mass is 32.1. The molecule has 2 aromatic carbocycles. The Morgan fingerprint density at radius 1 is 1.19 bits per heavy atom. The molecule has 1 aliphatic heterocycles. The Labute approximate surface area is 250 Å². The third-order valence-corrected chi connectivity index (χ3v) is 8.65. The zero-order chi connectivity index (χ0) is 30.4. The molecule has 1 aliphatic rings. The van der Waals surface area contributed by atoms with E-state index in [1.54, 1.807) is 11.9 Å². The number of halogens is 2. The molecule has 43 heavy (non-hydrogen) atoms. The number of anilines is 1. The SMILES string of the molecule is C=CC(=O)N1Cc2cc(-c3nc(-c4ccc(C=N)c(NC)c4)c4ccsc4c3-c3c(F)cc(F)cc3OC)nn2C[C@H]1C. The number of carbonyl (C=O) groups excluding carboxylic acids is 1. The third kappa shape index (κ3) is 4.75. The minimum Gasteiger partial charge on any atom is -0.496 e. The van der Waals surface area contributed by atoms with E-state index in [0.717, 1.165) is 44.7 Å². The molecule has 6 rings (SSSR count). The van der Waals surface area contributed by atoms with Crippen LogP contribution < -0.4 is 10.1 Å². The molecule has 4 heterocycles. The van der Waals surface area contributed by atoms with Gasteiger partial charge in [0, 0.05) is 63.9 Å². The van der Waals surface area contributed by atoms with Crippen molar-refractivity contribution in [2.45, 2.75) is 26.1 Å². The summed E-state index contributed by atoms with van der Waals surface area (Å²) in [6.45, 7) is 6.36. The summed E-state index contributed by atoms with van der Waals surface area (Å²) in [5.74, 6) is -1.67. The van der Waals surface area contributed by atoms with Crippen molar-refractivity contribution < 1.29 is 18.3 Å². The van der Waals surface area contributed by atoms with Crippen molar-refractivity contribution in [2.24, 2.45) is 0 Å². The Balaban J connectivity index is 1.65. The van der Waals surface area contributed by atoms with Gasteiger partial charge in [-0.2, -0.15) is 5.10 Å². The first kappa shape index (κ1) is 28.2. The number of methoxy groups -OCH3 is 1. The van der Waals surface area contributed by atoms with Gasteiger partial charge in [-0.25, -0.2) is 13.8 Å². The maximum absolute atomic E-state index is 15.7. The normalized spacial score (nSPS) is 14.4. The lowest BCUT2D eigenvalue weighted by atomic mass is 9.96. The Morgan fingerprint density at radius 2 is 2.00 bits per heavy atom. The number of amides is 1. The van der Waals surface area contributed by atoms with Crippen molar-refractivity contribution in [3.63, 3.8) is 0 Å². The van der Waals surface area contributed by atoms with Crippen LogP contribution in [-0.4, -0.2) is 52.0 Å². The maximum Gasteiger partial charge on any atom is 0.246 e. The van der Waals surface area contributed by atoms with Gasteiger partial charge in [0.05, 0.1) is 37.2 Å². The summed E-state index contributed by atoms with van der Waals surface area (Å²) in [6.07, 6.45) is 2.57. The molecule has 0 spiro atoms. The van der Waals surface area contributed by atoms with Crippen molar-refractivity contribution >= 4 is 39.2 Å². The maximum atomic E-state index is 15.7. The van der Waals surface area contributed by atoms with Gasteiger partial charge < -0.3 is 20.4 Å². The largest absolute Gasteiger partial charge is 0.496 e. The molecule has 2 N–H and O–H groups in total. The van der Waals surface area contributed by atoms with E-state index in [1.807, 2.05) is 47.3 Å². The Kier molecular flexibility index (Phi) is 7.26. The number of thiophene rings is 1. The minimum absolute atomic E-state index is 0.0381. The monoisotopic (exact) mass is 598 g/mol. The summed E-state index contributed by atoms with van der Waals surface area (Å²) in [6, 6.07) is 11.3. The molecule has 0 unspecified atom stereocenters. The average Bonchev–Trinajstić information content (AvgIpc) is 3.66. The van der Waals surface area contributed by atoms with Crippen molar-refractivity contribution in [3.05, 3.63) is 83.4 Å². The number of hydrogen-bond donors (Lipinski definition) is 2. The van der Waals surface area contributed by atoms with Crippen LogP contribution in [0, 0.1) is 17.0 Å². The van der Waals surface area contributed by atoms with Crippen LogP contribution in [0.15, 0.2) is 60.5 Å². The van der Waals surface area contributed by atoms with E-state index in [4.69, 9.17) is 20.2 Å². The number of rotatable bonds is 7. The van der Waals surface area contributed by atoms with E-state index in [0.29, 0.717) is 35.7 Å². The van der Waals surface area contributed by atoms with Crippen LogP contribution in [0.1, 0.15) is 18.2 Å². The van der Waals surface area contributed by atoms with E-state index in [2.05, 4.69) is 11.9 Å². The zero-order valence-corrected chi connectivity index (χ0v) is 24.6. The van der Waals surface area contributed by atoms with Crippen LogP contribution in [0.4, 0.5) is 14.5 Å². The lowest BCUT2D eigenvalue weighted by molar-refractivity contribution is -0.129. The van der Waals surface area contributed by atoms with Gasteiger partial charge in [0.25, 0.3) is 0 Å². The summed E-state index contributed by atoms with van der Waals surface area (Å²) >= 11 is 1.41. The van der Waals surface area contributed by atoms with Gasteiger partial charge in [-0.05, 0) is 36.6 Å². The fourth-order valence-corrected chi connectivity index (χ4v) is 6.56. The van der Waals surface area contributed by atoms with Crippen LogP contribution >= 0.6 is 11.3 Å². The second-order valence-corrected chi connectivity index (χ2v) is 11.1. The summed E-state index contributed by atoms with van der Waals surface area (Å²) in [5, 5.41) is 18.4. The molecule has 1 amide bonds. The molecule has 8 nitrogen and oxygen atoms in total. The van der Waals surface area contributed by atoms with E-state index in [9.17, 15) is 9.18 Å². The van der Waals surface area contributed by atoms with Crippen LogP contribution in [0.2, 0.25) is 0 Å². The molecule has 3 aromatic heterocycles. The standard InChI is InChI=1S/C32H28F2N6O2S/c1-5-27(41)39-16-21-13-25(38-40(21)15-17(39)2)31-29(28-23(34)11-20(33)12-26(28)42-4)32-22(8-9-43-32)30(37-31)18-6-7-19(14-35)24(10-18)36-3/h5-14,17,35-36H,1,15-16H2,2-4H3/t17-/m1/s1. The number of fused-ring (bicyclic) bond motifs is 2. The molecule has 0 aliphatic carbocycles. The highest BCUT2D eigenvalue weighted by Gasteiger charge is 2.30. The summed E-state index contributed by atoms with van der Waals surface area (Å²) < 4.78 is 38.1. The minimum atomic E-state index is -0.782. The molecule has 0 fully saturated rings. The number of carbonyl (C=O) groups is 1. The number of pyridine rings is 1. The zero-order valence-electron chi connectivity index (χ0n) is 23.7. The van der Waals surface area contributed by atoms with Crippen LogP contribution in [0.5, 0.6) is 5.75 Å². The third-order valence-electron chi connectivity index (χ3n) is 7.71. The predicted octanol–water partition coefficient (Wildman–Crippen LogP) is 6.74. The molecule has 5 aromatic rings. The molecule has 11 heteroatoms. The molecule has 1 atom stereocenters. The Hall–Kier alpha value is -4.90. The topological polar surface area (TPSA) is 96.1 Å². The van der Waals surface area contributed by atoms with E-state index in [-0.39, 0.29) is 23.3 Å². The molecule has 0 saturated carbocycles. The molecule has 0 bridgehead atoms. The van der Waals surface area contributed by atoms with E-state index in [1.165, 1.54) is 30.7 Å². The number of nitrogens with zero attached hydrogens (tertiary/aromatic N) is 4. The first-order chi connectivity index (χ1) is 20.8. The van der Waals surface area contributed by atoms with Gasteiger partial charge in [-0.3, -0.25) is 9.48 Å². The van der Waals surface area contributed by atoms with Crippen LogP contribution in [-0.2, 0) is 17.9 Å². The number of nitrogens with one attached hydrogen (secondary N) is 2. The van der Waals surface area contributed by atoms with Gasteiger partial charge in [-0.1, -0.05) is 18.7 Å². The summed E-state index contributed by atoms with van der Waals surface area (Å²) in [5.41, 5.74) is 5.11. The average molecular weight is 599 g/mol. The van der Waals surface area contributed by atoms with Gasteiger partial charge in [-0.15, -0.1) is 11.3 Å². The first-order valence-corrected chi connectivity index (χ1v) is 14.4. The number of hydrogen-bond acceptors (Lipinski definition) is 7. The highest BCUT2D eigenvalue weighted by molar-refractivity contribution is 7.18. The molecule has 0 radical (unpaired) electrons. The molecular formula is C32H28F2N6O2S. The number of benzene rings is 2. The number of ether oxygens (including phenoxy) is 1. The van der Waals surface area contributed by atoms with Crippen molar-refractivity contribution in [3.8, 4) is 39.5 Å². The summed E-state index contributed by atoms with van der Waals surface area (Å²) in [7, 11) is 3.16. The smallest absolute Gasteiger partial charge is 0.246 e. The lowest BCUT2D eigenvalue weighted by Gasteiger charge is -2.33. The first-order valence-electron chi connectivity index (χ1n) is 13.5. The fourth-order valence-electron chi connectivity index (χ4n) is 5.61. The van der Waals surface area contributed by atoms with Gasteiger partial charge in [0.15, 0.2) is 0 Å². The lowest BCUT2D eigenvalue weighted by Crippen LogP contribution is -2.44. The molecular weight excluding hydrogens is 570 g/mol. The Morgan fingerprint density at radius 3 is 2.72 bits per heavy atom. The Bertz CT molecular complexity index is 1930. The predicted molar refractivity (Wildman–Crippen MR) is 166 cm³/mol. The second-order valence-electron chi connectivity index (χ2n) is 10.2. The van der Waals surface area contributed by atoms with Crippen molar-refractivity contribution in [1.82, 2.24) is 19.7 Å². The van der Waals surface area contributed by atoms with E-state index >= 15 is 4.39 Å². The fraction of sp³-hybridized carbons (Fsp3) is 0.188. The molecule has 218 valence electrons. The number of aromatic nitrogens is 3. The van der Waals surface area contributed by atoms with Crippen LogP contribution in [0.25, 0.3) is 43.9 Å². The molecule has 0 saturated heterocycles. The van der Waals surface area contributed by atoms with Gasteiger partial charge in [0.2, 0.25) is 5.91 Å². The van der Waals surface area contributed by atoms with Crippen molar-refractivity contribution in [1.29, 1.82) is 5.41 Å². The quantitative estimate of drug-likeness (QED) is 0.160. The van der Waals surface area contributed by atoms with E-state index < -0.39 is 11.6 Å².